The number of ether oxygens (including phenoxy) is 1. The molecule has 3 rings (SSSR count). The summed E-state index contributed by atoms with van der Waals surface area (Å²) in [5.41, 5.74) is 4.05. The molecule has 0 aromatic heterocycles. The van der Waals surface area contributed by atoms with E-state index in [0.29, 0.717) is 5.92 Å². The fourth-order valence-electron chi connectivity index (χ4n) is 2.92. The summed E-state index contributed by atoms with van der Waals surface area (Å²) in [4.78, 5) is 0. The van der Waals surface area contributed by atoms with Gasteiger partial charge < -0.3 is 10.1 Å². The van der Waals surface area contributed by atoms with Crippen LogP contribution in [0.2, 0.25) is 0 Å². The molecule has 2 nitrogen and oxygen atoms in total. The van der Waals surface area contributed by atoms with Crippen LogP contribution in [0.1, 0.15) is 37.8 Å². The second kappa shape index (κ2) is 5.44. The second-order valence-corrected chi connectivity index (χ2v) is 6.72. The number of para-hydroxylation sites is 2. The van der Waals surface area contributed by atoms with E-state index in [1.54, 1.807) is 0 Å². The Kier molecular flexibility index (Phi) is 3.62. The Hall–Kier alpha value is -1.96. The average molecular weight is 281 g/mol. The summed E-state index contributed by atoms with van der Waals surface area (Å²) in [5, 5.41) is 3.62. The first-order valence-corrected chi connectivity index (χ1v) is 7.61. The maximum atomic E-state index is 5.76. The summed E-state index contributed by atoms with van der Waals surface area (Å²) in [5.74, 6) is 1.46. The molecule has 2 aromatic rings. The summed E-state index contributed by atoms with van der Waals surface area (Å²) in [6, 6.07) is 16.9. The van der Waals surface area contributed by atoms with Crippen molar-refractivity contribution in [3.05, 3.63) is 59.7 Å². The third kappa shape index (κ3) is 2.90. The van der Waals surface area contributed by atoms with Gasteiger partial charge in [0.2, 0.25) is 0 Å². The predicted octanol–water partition coefficient (Wildman–Crippen LogP) is 4.57. The quantitative estimate of drug-likeness (QED) is 0.889. The zero-order valence-electron chi connectivity index (χ0n) is 13.0. The Morgan fingerprint density at radius 1 is 1.05 bits per heavy atom. The number of anilines is 1. The van der Waals surface area contributed by atoms with E-state index in [1.165, 1.54) is 16.8 Å². The molecule has 1 N–H and O–H groups in total. The number of fused-ring (bicyclic) bond motifs is 1. The van der Waals surface area contributed by atoms with Gasteiger partial charge >= 0.3 is 0 Å². The van der Waals surface area contributed by atoms with Crippen LogP contribution in [0.25, 0.3) is 0 Å². The first-order chi connectivity index (χ1) is 10.1. The molecule has 0 saturated heterocycles. The van der Waals surface area contributed by atoms with Crippen molar-refractivity contribution in [1.82, 2.24) is 0 Å². The van der Waals surface area contributed by atoms with Gasteiger partial charge in [-0.15, -0.1) is 0 Å². The molecule has 0 fully saturated rings. The topological polar surface area (TPSA) is 21.3 Å². The lowest BCUT2D eigenvalue weighted by Gasteiger charge is -2.24. The Labute approximate surface area is 127 Å². The van der Waals surface area contributed by atoms with Crippen LogP contribution < -0.4 is 10.1 Å². The minimum atomic E-state index is 0.147. The molecule has 110 valence electrons. The monoisotopic (exact) mass is 281 g/mol. The molecule has 1 unspecified atom stereocenters. The van der Waals surface area contributed by atoms with E-state index in [2.05, 4.69) is 68.6 Å². The normalized spacial score (nSPS) is 17.2. The number of hydrogen-bond donors (Lipinski definition) is 1. The van der Waals surface area contributed by atoms with Crippen molar-refractivity contribution < 1.29 is 4.74 Å². The third-order valence-corrected chi connectivity index (χ3v) is 4.07. The lowest BCUT2D eigenvalue weighted by Crippen LogP contribution is -2.18. The highest BCUT2D eigenvalue weighted by molar-refractivity contribution is 5.54. The van der Waals surface area contributed by atoms with Crippen LogP contribution in [-0.4, -0.2) is 13.2 Å². The van der Waals surface area contributed by atoms with E-state index in [1.807, 2.05) is 6.07 Å². The molecule has 1 heterocycles. The van der Waals surface area contributed by atoms with Crippen LogP contribution in [0.4, 0.5) is 5.69 Å². The van der Waals surface area contributed by atoms with Gasteiger partial charge in [0.25, 0.3) is 0 Å². The average Bonchev–Trinajstić information content (AvgIpc) is 2.88. The van der Waals surface area contributed by atoms with Gasteiger partial charge in [0.15, 0.2) is 0 Å². The van der Waals surface area contributed by atoms with E-state index < -0.39 is 0 Å². The highest BCUT2D eigenvalue weighted by Gasteiger charge is 2.24. The number of rotatable bonds is 3. The van der Waals surface area contributed by atoms with Gasteiger partial charge in [0, 0.05) is 23.7 Å². The standard InChI is InChI=1S/C19H23NO/c1-19(2,3)16-9-5-6-10-17(16)20-12-14-13-21-18-11-7-4-8-15(14)18/h4-11,14,20H,12-13H2,1-3H3. The van der Waals surface area contributed by atoms with Crippen LogP contribution in [0.15, 0.2) is 48.5 Å². The van der Waals surface area contributed by atoms with E-state index in [4.69, 9.17) is 4.74 Å². The zero-order chi connectivity index (χ0) is 14.9. The maximum absolute atomic E-state index is 5.76. The van der Waals surface area contributed by atoms with E-state index in [0.717, 1.165) is 18.9 Å². The van der Waals surface area contributed by atoms with Gasteiger partial charge in [-0.1, -0.05) is 57.2 Å². The van der Waals surface area contributed by atoms with Crippen LogP contribution in [0.5, 0.6) is 5.75 Å². The van der Waals surface area contributed by atoms with Crippen LogP contribution in [0, 0.1) is 0 Å². The van der Waals surface area contributed by atoms with E-state index in [9.17, 15) is 0 Å². The van der Waals surface area contributed by atoms with Crippen molar-refractivity contribution in [3.63, 3.8) is 0 Å². The number of benzene rings is 2. The molecule has 2 heteroatoms. The second-order valence-electron chi connectivity index (χ2n) is 6.72. The van der Waals surface area contributed by atoms with E-state index >= 15 is 0 Å². The van der Waals surface area contributed by atoms with E-state index in [-0.39, 0.29) is 5.41 Å². The van der Waals surface area contributed by atoms with Crippen molar-refractivity contribution in [2.45, 2.75) is 32.1 Å². The van der Waals surface area contributed by atoms with Crippen LogP contribution in [-0.2, 0) is 5.41 Å². The molecule has 2 aromatic carbocycles. The largest absolute Gasteiger partial charge is 0.493 e. The molecule has 0 spiro atoms. The van der Waals surface area contributed by atoms with Crippen molar-refractivity contribution in [1.29, 1.82) is 0 Å². The maximum Gasteiger partial charge on any atom is 0.122 e. The van der Waals surface area contributed by atoms with Crippen molar-refractivity contribution >= 4 is 5.69 Å². The van der Waals surface area contributed by atoms with Gasteiger partial charge in [-0.2, -0.15) is 0 Å². The highest BCUT2D eigenvalue weighted by atomic mass is 16.5. The molecule has 21 heavy (non-hydrogen) atoms. The molecule has 0 amide bonds. The molecule has 1 atom stereocenters. The number of hydrogen-bond acceptors (Lipinski definition) is 2. The van der Waals surface area contributed by atoms with Crippen molar-refractivity contribution in [3.8, 4) is 5.75 Å². The summed E-state index contributed by atoms with van der Waals surface area (Å²) in [6.07, 6.45) is 0. The molecule has 0 bridgehead atoms. The summed E-state index contributed by atoms with van der Waals surface area (Å²) in [7, 11) is 0. The van der Waals surface area contributed by atoms with Crippen LogP contribution >= 0.6 is 0 Å². The van der Waals surface area contributed by atoms with Crippen molar-refractivity contribution in [2.75, 3.05) is 18.5 Å². The first kappa shape index (κ1) is 14.0. The Morgan fingerprint density at radius 3 is 2.57 bits per heavy atom. The SMILES string of the molecule is CC(C)(C)c1ccccc1NCC1COc2ccccc21. The Bertz CT molecular complexity index is 627. The lowest BCUT2D eigenvalue weighted by atomic mass is 9.85. The molecule has 0 radical (unpaired) electrons. The van der Waals surface area contributed by atoms with Crippen LogP contribution in [0.3, 0.4) is 0 Å². The van der Waals surface area contributed by atoms with Gasteiger partial charge in [-0.25, -0.2) is 0 Å². The Morgan fingerprint density at radius 2 is 1.76 bits per heavy atom. The summed E-state index contributed by atoms with van der Waals surface area (Å²) >= 11 is 0. The lowest BCUT2D eigenvalue weighted by molar-refractivity contribution is 0.334. The van der Waals surface area contributed by atoms with Gasteiger partial charge in [0.1, 0.15) is 5.75 Å². The fraction of sp³-hybridized carbons (Fsp3) is 0.368. The summed E-state index contributed by atoms with van der Waals surface area (Å²) < 4.78 is 5.76. The molecular formula is C19H23NO. The molecular weight excluding hydrogens is 258 g/mol. The fourth-order valence-corrected chi connectivity index (χ4v) is 2.92. The predicted molar refractivity (Wildman–Crippen MR) is 88.3 cm³/mol. The number of nitrogens with one attached hydrogen (secondary N) is 1. The van der Waals surface area contributed by atoms with Gasteiger partial charge in [-0.05, 0) is 23.1 Å². The Balaban J connectivity index is 1.75. The molecule has 0 saturated carbocycles. The summed E-state index contributed by atoms with van der Waals surface area (Å²) in [6.45, 7) is 8.43. The minimum Gasteiger partial charge on any atom is -0.493 e. The first-order valence-electron chi connectivity index (χ1n) is 7.61. The van der Waals surface area contributed by atoms with Gasteiger partial charge in [-0.3, -0.25) is 0 Å². The van der Waals surface area contributed by atoms with Gasteiger partial charge in [0.05, 0.1) is 6.61 Å². The third-order valence-electron chi connectivity index (χ3n) is 4.07. The highest BCUT2D eigenvalue weighted by Crippen LogP contribution is 2.34. The molecule has 1 aliphatic heterocycles. The smallest absolute Gasteiger partial charge is 0.122 e. The molecule has 1 aliphatic rings. The van der Waals surface area contributed by atoms with Crippen molar-refractivity contribution in [2.24, 2.45) is 0 Å². The molecule has 0 aliphatic carbocycles. The zero-order valence-corrected chi connectivity index (χ0v) is 13.0. The minimum absolute atomic E-state index is 0.147.